The van der Waals surface area contributed by atoms with Crippen LogP contribution in [0.15, 0.2) is 0 Å². The molecule has 0 saturated carbocycles. The van der Waals surface area contributed by atoms with Crippen LogP contribution in [0.3, 0.4) is 0 Å². The Labute approximate surface area is 280 Å². The van der Waals surface area contributed by atoms with Gasteiger partial charge in [-0.1, -0.05) is 34.6 Å². The average molecular weight is 681 g/mol. The minimum atomic E-state index is -1.28. The van der Waals surface area contributed by atoms with Crippen molar-refractivity contribution in [3.63, 3.8) is 0 Å². The predicted molar refractivity (Wildman–Crippen MR) is 150 cm³/mol. The second-order valence-electron chi connectivity index (χ2n) is 9.24. The van der Waals surface area contributed by atoms with Gasteiger partial charge in [0.1, 0.15) is 23.1 Å². The van der Waals surface area contributed by atoms with Crippen LogP contribution in [0.1, 0.15) is 132 Å². The summed E-state index contributed by atoms with van der Waals surface area (Å²) >= 11 is 0. The van der Waals surface area contributed by atoms with E-state index in [1.807, 2.05) is 41.5 Å². The third-order valence-electron chi connectivity index (χ3n) is 4.14. The first-order valence-electron chi connectivity index (χ1n) is 14.4. The molecular weight excluding hydrogens is 632 g/mol. The fraction of sp³-hybridized carbons (Fsp3) is 0.700. The van der Waals surface area contributed by atoms with E-state index in [9.17, 15) is 63.6 Å². The van der Waals surface area contributed by atoms with E-state index in [1.54, 1.807) is 6.92 Å². The van der Waals surface area contributed by atoms with Crippen LogP contribution in [0.25, 0.3) is 0 Å². The molecule has 0 bridgehead atoms. The molecule has 0 aliphatic heterocycles. The van der Waals surface area contributed by atoms with Crippen LogP contribution < -0.4 is 20.4 Å². The molecule has 0 amide bonds. The number of Topliss-reactive ketones (excluding diaryl/α,β-unsaturated/α-hetero) is 4. The fourth-order valence-electron chi connectivity index (χ4n) is 2.46. The van der Waals surface area contributed by atoms with Gasteiger partial charge in [0.2, 0.25) is 0 Å². The molecule has 0 saturated heterocycles. The number of hydrogen-bond donors (Lipinski definition) is 0. The van der Waals surface area contributed by atoms with Crippen molar-refractivity contribution in [1.82, 2.24) is 0 Å². The summed E-state index contributed by atoms with van der Waals surface area (Å²) < 4.78 is 4.76. The van der Waals surface area contributed by atoms with E-state index in [0.717, 1.165) is 0 Å². The molecule has 0 unspecified atom stereocenters. The Balaban J connectivity index is -0.000000105. The van der Waals surface area contributed by atoms with Crippen LogP contribution in [0.5, 0.6) is 0 Å². The topological polar surface area (TPSA) is 255 Å². The first kappa shape index (κ1) is 54.2. The quantitative estimate of drug-likeness (QED) is 0.0988. The van der Waals surface area contributed by atoms with Gasteiger partial charge < -0.3 is 44.3 Å². The summed E-state index contributed by atoms with van der Waals surface area (Å²) in [5, 5.41) is 39.0. The van der Waals surface area contributed by atoms with Crippen LogP contribution in [0.4, 0.5) is 0 Å². The van der Waals surface area contributed by atoms with E-state index in [1.165, 1.54) is 0 Å². The van der Waals surface area contributed by atoms with Crippen molar-refractivity contribution in [3.05, 3.63) is 0 Å². The molecule has 15 heteroatoms. The first-order chi connectivity index (χ1) is 20.3. The van der Waals surface area contributed by atoms with E-state index in [-0.39, 0.29) is 56.9 Å². The molecule has 0 atom stereocenters. The molecule has 0 aliphatic rings. The standard InChI is InChI=1S/4C6H10O3.C6H12O2.Ti/c4*1-2-3-5(7)4-6(8)9;1-4-6(7)8-5(2)3;/h4*2-4H2,1H3,(H,8,9);5H,4H2,1-3H3;/q;;;;;+4/p-4. The SMILES string of the molecule is CCC(=O)OC(C)C.CCCC(=O)CC(=O)[O-].CCCC(=O)CC(=O)[O-].CCCC(=O)CC(=O)[O-].CCCC(=O)CC(=O)[O-].[Ti+4]. The monoisotopic (exact) mass is 680 g/mol. The zero-order valence-electron chi connectivity index (χ0n) is 27.5. The van der Waals surface area contributed by atoms with E-state index >= 15 is 0 Å². The van der Waals surface area contributed by atoms with Gasteiger partial charge >= 0.3 is 27.7 Å². The molecule has 0 aromatic rings. The van der Waals surface area contributed by atoms with Gasteiger partial charge in [-0.2, -0.15) is 0 Å². The molecule has 0 aromatic heterocycles. The first-order valence-corrected chi connectivity index (χ1v) is 14.4. The van der Waals surface area contributed by atoms with Crippen molar-refractivity contribution < 1.29 is 90.0 Å². The number of carbonyl (C=O) groups excluding carboxylic acids is 9. The second-order valence-corrected chi connectivity index (χ2v) is 9.24. The minimum absolute atomic E-state index is 0. The van der Waals surface area contributed by atoms with Crippen molar-refractivity contribution in [2.75, 3.05) is 0 Å². The van der Waals surface area contributed by atoms with Crippen molar-refractivity contribution in [3.8, 4) is 0 Å². The molecular formula is C30H48O14Ti. The van der Waals surface area contributed by atoms with E-state index in [4.69, 9.17) is 4.74 Å². The van der Waals surface area contributed by atoms with Gasteiger partial charge in [0, 0.05) is 81.7 Å². The van der Waals surface area contributed by atoms with Gasteiger partial charge in [-0.25, -0.2) is 0 Å². The summed E-state index contributed by atoms with van der Waals surface area (Å²) in [7, 11) is 0. The van der Waals surface area contributed by atoms with Crippen molar-refractivity contribution in [2.45, 2.75) is 138 Å². The molecule has 0 N–H and O–H groups in total. The number of rotatable bonds is 18. The van der Waals surface area contributed by atoms with Gasteiger partial charge in [-0.15, -0.1) is 0 Å². The largest absolute Gasteiger partial charge is 4.00 e. The number of carbonyl (C=O) groups is 9. The summed E-state index contributed by atoms with van der Waals surface area (Å²) in [6.07, 6.45) is 2.92. The molecule has 0 radical (unpaired) electrons. The van der Waals surface area contributed by atoms with Crippen molar-refractivity contribution in [1.29, 1.82) is 0 Å². The maximum absolute atomic E-state index is 10.4. The molecule has 0 rings (SSSR count). The Morgan fingerprint density at radius 3 is 0.756 bits per heavy atom. The third-order valence-corrected chi connectivity index (χ3v) is 4.14. The normalized spacial score (nSPS) is 8.89. The van der Waals surface area contributed by atoms with Crippen LogP contribution >= 0.6 is 0 Å². The maximum Gasteiger partial charge on any atom is 4.00 e. The van der Waals surface area contributed by atoms with Crippen LogP contribution in [0.2, 0.25) is 0 Å². The summed E-state index contributed by atoms with van der Waals surface area (Å²) in [6, 6.07) is 0. The minimum Gasteiger partial charge on any atom is -0.550 e. The number of carboxylic acid groups (broad SMARTS) is 4. The fourth-order valence-corrected chi connectivity index (χ4v) is 2.46. The third kappa shape index (κ3) is 64.7. The number of ether oxygens (including phenoxy) is 1. The van der Waals surface area contributed by atoms with Gasteiger partial charge in [0.15, 0.2) is 0 Å². The van der Waals surface area contributed by atoms with Gasteiger partial charge in [0.25, 0.3) is 0 Å². The number of carboxylic acids is 4. The van der Waals surface area contributed by atoms with E-state index in [0.29, 0.717) is 57.8 Å². The van der Waals surface area contributed by atoms with Gasteiger partial charge in [0.05, 0.1) is 6.10 Å². The predicted octanol–water partition coefficient (Wildman–Crippen LogP) is -0.672. The van der Waals surface area contributed by atoms with Crippen LogP contribution in [0, 0.1) is 0 Å². The molecule has 0 spiro atoms. The Morgan fingerprint density at radius 2 is 0.667 bits per heavy atom. The molecule has 14 nitrogen and oxygen atoms in total. The molecule has 0 aliphatic carbocycles. The Kier molecular flexibility index (Phi) is 46.7. The summed E-state index contributed by atoms with van der Waals surface area (Å²) in [5.41, 5.74) is 0. The molecule has 0 heterocycles. The van der Waals surface area contributed by atoms with Gasteiger partial charge in [-0.05, 0) is 39.5 Å². The molecule has 256 valence electrons. The van der Waals surface area contributed by atoms with Crippen LogP contribution in [-0.2, 0) is 69.6 Å². The number of aliphatic carboxylic acids is 4. The second kappa shape index (κ2) is 38.8. The van der Waals surface area contributed by atoms with E-state index in [2.05, 4.69) is 0 Å². The summed E-state index contributed by atoms with van der Waals surface area (Å²) in [5.74, 6) is -6.27. The smallest absolute Gasteiger partial charge is 0.550 e. The Hall–Kier alpha value is -3.26. The number of ketones is 4. The average Bonchev–Trinajstić information content (AvgIpc) is 2.84. The zero-order valence-corrected chi connectivity index (χ0v) is 29.0. The van der Waals surface area contributed by atoms with Gasteiger partial charge in [-0.3, -0.25) is 24.0 Å². The van der Waals surface area contributed by atoms with E-state index < -0.39 is 49.6 Å². The van der Waals surface area contributed by atoms with Crippen LogP contribution in [-0.4, -0.2) is 59.1 Å². The van der Waals surface area contributed by atoms with Crippen molar-refractivity contribution in [2.24, 2.45) is 0 Å². The summed E-state index contributed by atoms with van der Waals surface area (Å²) in [4.78, 5) is 91.1. The maximum atomic E-state index is 10.4. The molecule has 0 fully saturated rings. The van der Waals surface area contributed by atoms with Crippen molar-refractivity contribution >= 4 is 53.0 Å². The molecule has 0 aromatic carbocycles. The summed E-state index contributed by atoms with van der Waals surface area (Å²) in [6.45, 7) is 12.8. The Morgan fingerprint density at radius 1 is 0.467 bits per heavy atom. The number of esters is 1. The zero-order chi connectivity index (χ0) is 35.7. The molecule has 45 heavy (non-hydrogen) atoms. The number of hydrogen-bond acceptors (Lipinski definition) is 14. The Bertz CT molecular complexity index is 762.